The largest absolute Gasteiger partial charge is 0.335 e. The summed E-state index contributed by atoms with van der Waals surface area (Å²) in [5.41, 5.74) is 11.2. The molecule has 32 heavy (non-hydrogen) atoms. The molecule has 0 spiro atoms. The summed E-state index contributed by atoms with van der Waals surface area (Å²) in [7, 11) is 0. The minimum Gasteiger partial charge on any atom is -0.335 e. The molecule has 0 rings (SSSR count). The molecular weight excluding hydrogens is 402 g/mol. The van der Waals surface area contributed by atoms with Gasteiger partial charge in [0.1, 0.15) is 11.6 Å². The molecule has 4 N–H and O–H groups in total. The van der Waals surface area contributed by atoms with Crippen molar-refractivity contribution >= 4 is 17.5 Å². The quantitative estimate of drug-likeness (QED) is 0.217. The van der Waals surface area contributed by atoms with Gasteiger partial charge in [-0.1, -0.05) is 64.7 Å². The number of rotatable bonds is 23. The molecule has 0 saturated heterocycles. The summed E-state index contributed by atoms with van der Waals surface area (Å²) in [4.78, 5) is 38.5. The van der Waals surface area contributed by atoms with Crippen LogP contribution in [0.5, 0.6) is 0 Å². The van der Waals surface area contributed by atoms with Crippen molar-refractivity contribution in [3.8, 4) is 0 Å². The van der Waals surface area contributed by atoms with Gasteiger partial charge >= 0.3 is 0 Å². The molecule has 0 aliphatic rings. The van der Waals surface area contributed by atoms with E-state index in [1.165, 1.54) is 51.9 Å². The summed E-state index contributed by atoms with van der Waals surface area (Å²) in [6.45, 7) is 5.41. The number of Topliss-reactive ketones (excluding diaryl/α,β-unsaturated/α-hetero) is 2. The Morgan fingerprint density at radius 2 is 1.34 bits per heavy atom. The van der Waals surface area contributed by atoms with E-state index in [1.54, 1.807) is 4.90 Å². The van der Waals surface area contributed by atoms with Gasteiger partial charge in [0.15, 0.2) is 0 Å². The molecule has 6 heteroatoms. The number of nitrogens with zero attached hydrogens (tertiary/aromatic N) is 1. The normalized spacial score (nSPS) is 12.0. The van der Waals surface area contributed by atoms with Crippen molar-refractivity contribution in [3.05, 3.63) is 0 Å². The van der Waals surface area contributed by atoms with E-state index in [2.05, 4.69) is 6.92 Å². The van der Waals surface area contributed by atoms with Crippen molar-refractivity contribution in [3.63, 3.8) is 0 Å². The Morgan fingerprint density at radius 1 is 0.750 bits per heavy atom. The summed E-state index contributed by atoms with van der Waals surface area (Å²) in [6, 6.07) is 0. The molecule has 0 radical (unpaired) electrons. The Balaban J connectivity index is 4.50. The highest BCUT2D eigenvalue weighted by molar-refractivity contribution is 5.84. The van der Waals surface area contributed by atoms with Gasteiger partial charge in [0.2, 0.25) is 5.91 Å². The first-order valence-electron chi connectivity index (χ1n) is 13.1. The summed E-state index contributed by atoms with van der Waals surface area (Å²) < 4.78 is 0. The van der Waals surface area contributed by atoms with Crippen LogP contribution in [0.2, 0.25) is 0 Å². The highest BCUT2D eigenvalue weighted by atomic mass is 16.2. The lowest BCUT2D eigenvalue weighted by atomic mass is 9.93. The van der Waals surface area contributed by atoms with Crippen LogP contribution in [-0.4, -0.2) is 48.6 Å². The molecule has 0 aromatic heterocycles. The van der Waals surface area contributed by atoms with Crippen LogP contribution in [0.4, 0.5) is 0 Å². The van der Waals surface area contributed by atoms with Crippen LogP contribution in [0, 0.1) is 5.92 Å². The first kappa shape index (κ1) is 30.7. The van der Waals surface area contributed by atoms with E-state index in [9.17, 15) is 14.4 Å². The maximum atomic E-state index is 12.6. The number of hydrogen-bond donors (Lipinski definition) is 2. The zero-order chi connectivity index (χ0) is 24.0. The van der Waals surface area contributed by atoms with E-state index in [-0.39, 0.29) is 29.9 Å². The number of unbranched alkanes of at least 4 members (excludes halogenated alkanes) is 9. The first-order valence-corrected chi connectivity index (χ1v) is 13.1. The van der Waals surface area contributed by atoms with Gasteiger partial charge in [-0.05, 0) is 51.6 Å². The van der Waals surface area contributed by atoms with Gasteiger partial charge in [-0.2, -0.15) is 0 Å². The van der Waals surface area contributed by atoms with Gasteiger partial charge in [-0.3, -0.25) is 14.4 Å². The Labute approximate surface area is 197 Å². The number of carbonyl (C=O) groups is 3. The second-order valence-corrected chi connectivity index (χ2v) is 9.34. The van der Waals surface area contributed by atoms with Gasteiger partial charge < -0.3 is 16.4 Å². The van der Waals surface area contributed by atoms with Gasteiger partial charge in [0.05, 0.1) is 6.54 Å². The number of amides is 1. The third-order valence-corrected chi connectivity index (χ3v) is 5.98. The second kappa shape index (κ2) is 21.6. The zero-order valence-corrected chi connectivity index (χ0v) is 21.0. The van der Waals surface area contributed by atoms with Gasteiger partial charge in [0, 0.05) is 25.8 Å². The Kier molecular flexibility index (Phi) is 20.7. The molecule has 0 aliphatic heterocycles. The fraction of sp³-hybridized carbons (Fsp3) is 0.885. The van der Waals surface area contributed by atoms with E-state index in [1.807, 2.05) is 0 Å². The van der Waals surface area contributed by atoms with Crippen molar-refractivity contribution in [1.82, 2.24) is 4.90 Å². The predicted octanol–water partition coefficient (Wildman–Crippen LogP) is 4.77. The molecule has 0 fully saturated rings. The van der Waals surface area contributed by atoms with E-state index in [4.69, 9.17) is 11.5 Å². The molecule has 6 nitrogen and oxygen atoms in total. The third-order valence-electron chi connectivity index (χ3n) is 5.98. The van der Waals surface area contributed by atoms with Crippen LogP contribution in [0.15, 0.2) is 0 Å². The lowest BCUT2D eigenvalue weighted by Gasteiger charge is -2.27. The summed E-state index contributed by atoms with van der Waals surface area (Å²) >= 11 is 0. The molecule has 0 bridgehead atoms. The SMILES string of the molecule is CCCCCCCCCCCC(=O)C[C@@H](CCCCN)CN(CC(C)=O)C(=O)CCCN. The van der Waals surface area contributed by atoms with Crippen molar-refractivity contribution in [1.29, 1.82) is 0 Å². The van der Waals surface area contributed by atoms with Crippen LogP contribution in [-0.2, 0) is 14.4 Å². The summed E-state index contributed by atoms with van der Waals surface area (Å²) in [5.74, 6) is 0.297. The number of nitrogens with two attached hydrogens (primary N) is 2. The van der Waals surface area contributed by atoms with E-state index in [0.717, 1.165) is 32.1 Å². The van der Waals surface area contributed by atoms with Crippen molar-refractivity contribution < 1.29 is 14.4 Å². The highest BCUT2D eigenvalue weighted by Crippen LogP contribution is 2.19. The van der Waals surface area contributed by atoms with E-state index < -0.39 is 0 Å². The number of ketones is 2. The average molecular weight is 454 g/mol. The Morgan fingerprint density at radius 3 is 1.91 bits per heavy atom. The molecule has 0 heterocycles. The number of hydrogen-bond acceptors (Lipinski definition) is 5. The zero-order valence-electron chi connectivity index (χ0n) is 21.0. The fourth-order valence-electron chi connectivity index (χ4n) is 4.14. The highest BCUT2D eigenvalue weighted by Gasteiger charge is 2.22. The van der Waals surface area contributed by atoms with Crippen LogP contribution >= 0.6 is 0 Å². The standard InChI is InChI=1S/C26H51N3O3/c1-3-4-5-6-7-8-9-10-11-16-25(31)20-24(15-12-13-18-27)22-29(21-23(2)30)26(32)17-14-19-28/h24H,3-22,27-28H2,1-2H3/t24-/m1/s1. The van der Waals surface area contributed by atoms with Crippen LogP contribution < -0.4 is 11.5 Å². The predicted molar refractivity (Wildman–Crippen MR) is 133 cm³/mol. The maximum absolute atomic E-state index is 12.6. The lowest BCUT2D eigenvalue weighted by Crippen LogP contribution is -2.39. The molecule has 1 amide bonds. The first-order chi connectivity index (χ1) is 15.4. The maximum Gasteiger partial charge on any atom is 0.223 e. The summed E-state index contributed by atoms with van der Waals surface area (Å²) in [5, 5.41) is 0. The molecule has 0 saturated carbocycles. The topological polar surface area (TPSA) is 106 Å². The molecule has 1 atom stereocenters. The lowest BCUT2D eigenvalue weighted by molar-refractivity contribution is -0.136. The minimum atomic E-state index is -0.0409. The van der Waals surface area contributed by atoms with Crippen molar-refractivity contribution in [2.75, 3.05) is 26.2 Å². The van der Waals surface area contributed by atoms with E-state index in [0.29, 0.717) is 45.3 Å². The summed E-state index contributed by atoms with van der Waals surface area (Å²) in [6.07, 6.45) is 15.9. The van der Waals surface area contributed by atoms with Crippen LogP contribution in [0.25, 0.3) is 0 Å². The minimum absolute atomic E-state index is 0.0344. The van der Waals surface area contributed by atoms with E-state index >= 15 is 0 Å². The second-order valence-electron chi connectivity index (χ2n) is 9.34. The Hall–Kier alpha value is -1.27. The monoisotopic (exact) mass is 453 g/mol. The Bertz CT molecular complexity index is 497. The van der Waals surface area contributed by atoms with Crippen molar-refractivity contribution in [2.24, 2.45) is 17.4 Å². The van der Waals surface area contributed by atoms with Gasteiger partial charge in [-0.25, -0.2) is 0 Å². The molecule has 188 valence electrons. The third kappa shape index (κ3) is 18.3. The average Bonchev–Trinajstić information content (AvgIpc) is 2.75. The molecular formula is C26H51N3O3. The molecule has 0 aromatic carbocycles. The molecule has 0 aromatic rings. The van der Waals surface area contributed by atoms with Crippen LogP contribution in [0.3, 0.4) is 0 Å². The molecule has 0 unspecified atom stereocenters. The fourth-order valence-corrected chi connectivity index (χ4v) is 4.14. The molecule has 0 aliphatic carbocycles. The van der Waals surface area contributed by atoms with Crippen molar-refractivity contribution in [2.45, 2.75) is 117 Å². The number of carbonyl (C=O) groups excluding carboxylic acids is 3. The van der Waals surface area contributed by atoms with Crippen LogP contribution in [0.1, 0.15) is 117 Å². The smallest absolute Gasteiger partial charge is 0.223 e. The van der Waals surface area contributed by atoms with Gasteiger partial charge in [0.25, 0.3) is 0 Å². The van der Waals surface area contributed by atoms with Gasteiger partial charge in [-0.15, -0.1) is 0 Å².